The van der Waals surface area contributed by atoms with Crippen molar-refractivity contribution >= 4 is 24.0 Å². The van der Waals surface area contributed by atoms with Gasteiger partial charge in [0.2, 0.25) is 0 Å². The highest BCUT2D eigenvalue weighted by atomic mass is 16.6. The third-order valence-electron chi connectivity index (χ3n) is 3.86. The van der Waals surface area contributed by atoms with E-state index < -0.39 is 11.0 Å². The fourth-order valence-corrected chi connectivity index (χ4v) is 2.60. The summed E-state index contributed by atoms with van der Waals surface area (Å²) in [6, 6.07) is 9.45. The number of aliphatic imine (C=N–C) groups is 1. The van der Waals surface area contributed by atoms with Crippen LogP contribution in [0.2, 0.25) is 0 Å². The van der Waals surface area contributed by atoms with Crippen LogP contribution in [-0.4, -0.2) is 29.5 Å². The first-order valence-electron chi connectivity index (χ1n) is 7.28. The number of rotatable bonds is 4. The van der Waals surface area contributed by atoms with Gasteiger partial charge >= 0.3 is 0 Å². The van der Waals surface area contributed by atoms with E-state index in [9.17, 15) is 14.9 Å². The first-order valence-corrected chi connectivity index (χ1v) is 7.28. The molecule has 0 aromatic heterocycles. The van der Waals surface area contributed by atoms with Crippen LogP contribution in [0.1, 0.15) is 17.2 Å². The van der Waals surface area contributed by atoms with E-state index in [0.29, 0.717) is 17.1 Å². The number of ether oxygens (including phenoxy) is 1. The minimum atomic E-state index is -0.430. The predicted molar refractivity (Wildman–Crippen MR) is 89.1 cm³/mol. The lowest BCUT2D eigenvalue weighted by molar-refractivity contribution is -0.385. The molecule has 0 N–H and O–H groups in total. The van der Waals surface area contributed by atoms with Crippen LogP contribution in [0.25, 0.3) is 0 Å². The van der Waals surface area contributed by atoms with Crippen molar-refractivity contribution in [1.82, 2.24) is 4.90 Å². The fraction of sp³-hybridized carbons (Fsp3) is 0.176. The van der Waals surface area contributed by atoms with E-state index in [1.807, 2.05) is 0 Å². The van der Waals surface area contributed by atoms with Crippen molar-refractivity contribution < 1.29 is 14.5 Å². The van der Waals surface area contributed by atoms with E-state index in [2.05, 4.69) is 4.99 Å². The van der Waals surface area contributed by atoms with Crippen LogP contribution in [0, 0.1) is 17.0 Å². The average Bonchev–Trinajstić information content (AvgIpc) is 2.54. The molecule has 1 aliphatic rings. The smallest absolute Gasteiger partial charge is 0.272 e. The number of aldehydes is 1. The number of carbonyl (C=O) groups is 1. The molecule has 1 unspecified atom stereocenters. The Kier molecular flexibility index (Phi) is 3.99. The topological polar surface area (TPSA) is 85.0 Å². The Bertz CT molecular complexity index is 848. The molecular weight excluding hydrogens is 310 g/mol. The maximum atomic E-state index is 11.3. The fourth-order valence-electron chi connectivity index (χ4n) is 2.60. The van der Waals surface area contributed by atoms with Crippen LogP contribution in [0.15, 0.2) is 41.4 Å². The molecule has 7 heteroatoms. The summed E-state index contributed by atoms with van der Waals surface area (Å²) in [5.74, 6) is 1.03. The van der Waals surface area contributed by atoms with Gasteiger partial charge in [-0.1, -0.05) is 0 Å². The van der Waals surface area contributed by atoms with E-state index in [1.165, 1.54) is 6.07 Å². The second-order valence-corrected chi connectivity index (χ2v) is 5.52. The SMILES string of the molecule is Cc1cc(Oc2ccc3c(c2)C(C=O)N(C)C=N3)ccc1[N+](=O)[O-]. The van der Waals surface area contributed by atoms with E-state index in [1.54, 1.807) is 55.5 Å². The van der Waals surface area contributed by atoms with Crippen LogP contribution in [0.4, 0.5) is 11.4 Å². The van der Waals surface area contributed by atoms with Crippen molar-refractivity contribution in [1.29, 1.82) is 0 Å². The van der Waals surface area contributed by atoms with E-state index >= 15 is 0 Å². The highest BCUT2D eigenvalue weighted by molar-refractivity contribution is 5.78. The molecule has 0 saturated heterocycles. The second-order valence-electron chi connectivity index (χ2n) is 5.52. The molecule has 3 rings (SSSR count). The molecule has 122 valence electrons. The number of benzene rings is 2. The zero-order chi connectivity index (χ0) is 17.3. The largest absolute Gasteiger partial charge is 0.457 e. The van der Waals surface area contributed by atoms with Crippen LogP contribution in [0.3, 0.4) is 0 Å². The number of nitrogens with zero attached hydrogens (tertiary/aromatic N) is 3. The molecule has 1 aliphatic heterocycles. The second kappa shape index (κ2) is 6.11. The zero-order valence-electron chi connectivity index (χ0n) is 13.2. The Morgan fingerprint density at radius 1 is 1.25 bits per heavy atom. The normalized spacial score (nSPS) is 15.8. The molecule has 0 fully saturated rings. The third-order valence-corrected chi connectivity index (χ3v) is 3.86. The highest BCUT2D eigenvalue weighted by Crippen LogP contribution is 2.35. The minimum absolute atomic E-state index is 0.0461. The summed E-state index contributed by atoms with van der Waals surface area (Å²) in [6.45, 7) is 1.66. The van der Waals surface area contributed by atoms with Gasteiger partial charge < -0.3 is 14.4 Å². The van der Waals surface area contributed by atoms with Gasteiger partial charge in [-0.25, -0.2) is 4.99 Å². The number of likely N-dealkylation sites (N-methyl/N-ethyl adjacent to an activating group) is 1. The quantitative estimate of drug-likeness (QED) is 0.487. The Morgan fingerprint density at radius 2 is 1.96 bits per heavy atom. The predicted octanol–water partition coefficient (Wildman–Crippen LogP) is 3.54. The molecule has 1 atom stereocenters. The van der Waals surface area contributed by atoms with Crippen molar-refractivity contribution in [2.45, 2.75) is 13.0 Å². The lowest BCUT2D eigenvalue weighted by Crippen LogP contribution is -2.26. The van der Waals surface area contributed by atoms with Gasteiger partial charge in [0, 0.05) is 24.2 Å². The Morgan fingerprint density at radius 3 is 2.62 bits per heavy atom. The van der Waals surface area contributed by atoms with Crippen molar-refractivity contribution in [3.8, 4) is 11.5 Å². The summed E-state index contributed by atoms with van der Waals surface area (Å²) in [5, 5.41) is 10.9. The molecule has 24 heavy (non-hydrogen) atoms. The van der Waals surface area contributed by atoms with Crippen molar-refractivity contribution in [3.63, 3.8) is 0 Å². The number of carbonyl (C=O) groups excluding carboxylic acids is 1. The number of nitro groups is 1. The summed E-state index contributed by atoms with van der Waals surface area (Å²) >= 11 is 0. The van der Waals surface area contributed by atoms with Crippen molar-refractivity contribution in [2.75, 3.05) is 7.05 Å². The van der Waals surface area contributed by atoms with Crippen molar-refractivity contribution in [2.24, 2.45) is 4.99 Å². The average molecular weight is 325 g/mol. The summed E-state index contributed by atoms with van der Waals surface area (Å²) in [7, 11) is 1.78. The van der Waals surface area contributed by atoms with Crippen LogP contribution in [-0.2, 0) is 4.79 Å². The van der Waals surface area contributed by atoms with E-state index in [4.69, 9.17) is 4.74 Å². The molecule has 0 amide bonds. The third kappa shape index (κ3) is 2.83. The van der Waals surface area contributed by atoms with Gasteiger partial charge in [-0.2, -0.15) is 0 Å². The van der Waals surface area contributed by atoms with Crippen molar-refractivity contribution in [3.05, 3.63) is 57.6 Å². The Balaban J connectivity index is 1.91. The maximum Gasteiger partial charge on any atom is 0.272 e. The van der Waals surface area contributed by atoms with E-state index in [-0.39, 0.29) is 5.69 Å². The number of hydrogen-bond acceptors (Lipinski definition) is 6. The first-order chi connectivity index (χ1) is 11.5. The summed E-state index contributed by atoms with van der Waals surface area (Å²) in [6.07, 6.45) is 2.46. The van der Waals surface area contributed by atoms with Gasteiger partial charge in [-0.15, -0.1) is 0 Å². The Hall–Kier alpha value is -3.22. The summed E-state index contributed by atoms with van der Waals surface area (Å²) < 4.78 is 5.78. The standard InChI is InChI=1S/C17H15N3O4/c1-11-7-12(4-6-16(11)20(22)23)24-13-3-5-15-14(8-13)17(9-21)19(2)10-18-15/h3-10,17H,1-2H3. The number of aryl methyl sites for hydroxylation is 1. The summed E-state index contributed by atoms with van der Waals surface area (Å²) in [4.78, 5) is 27.8. The van der Waals surface area contributed by atoms with Gasteiger partial charge in [0.05, 0.1) is 16.9 Å². The lowest BCUT2D eigenvalue weighted by Gasteiger charge is -2.26. The van der Waals surface area contributed by atoms with Gasteiger partial charge in [0.25, 0.3) is 5.69 Å². The van der Waals surface area contributed by atoms with E-state index in [0.717, 1.165) is 17.5 Å². The molecule has 0 aliphatic carbocycles. The van der Waals surface area contributed by atoms with Crippen LogP contribution in [0.5, 0.6) is 11.5 Å². The van der Waals surface area contributed by atoms with Crippen LogP contribution < -0.4 is 4.74 Å². The monoisotopic (exact) mass is 325 g/mol. The summed E-state index contributed by atoms with van der Waals surface area (Å²) in [5.41, 5.74) is 2.04. The molecule has 7 nitrogen and oxygen atoms in total. The molecule has 2 aromatic rings. The molecule has 0 bridgehead atoms. The number of hydrogen-bond donors (Lipinski definition) is 0. The molecule has 2 aromatic carbocycles. The van der Waals surface area contributed by atoms with Gasteiger partial charge in [0.15, 0.2) is 0 Å². The Labute approximate surface area is 138 Å². The van der Waals surface area contributed by atoms with Crippen LogP contribution >= 0.6 is 0 Å². The molecule has 0 saturated carbocycles. The van der Waals surface area contributed by atoms with Gasteiger partial charge in [-0.05, 0) is 37.3 Å². The van der Waals surface area contributed by atoms with Gasteiger partial charge in [-0.3, -0.25) is 10.1 Å². The number of nitro benzene ring substituents is 1. The molecule has 1 heterocycles. The maximum absolute atomic E-state index is 11.3. The zero-order valence-corrected chi connectivity index (χ0v) is 13.2. The molecule has 0 spiro atoms. The molecule has 0 radical (unpaired) electrons. The lowest BCUT2D eigenvalue weighted by atomic mass is 10.0. The highest BCUT2D eigenvalue weighted by Gasteiger charge is 2.22. The first kappa shape index (κ1) is 15.7. The number of fused-ring (bicyclic) bond motifs is 1. The molecular formula is C17H15N3O4. The minimum Gasteiger partial charge on any atom is -0.457 e. The van der Waals surface area contributed by atoms with Gasteiger partial charge in [0.1, 0.15) is 23.8 Å².